The van der Waals surface area contributed by atoms with Crippen molar-refractivity contribution < 1.29 is 13.5 Å². The molecule has 6 heteroatoms. The number of benzene rings is 3. The van der Waals surface area contributed by atoms with Gasteiger partial charge < -0.3 is 5.11 Å². The molecular weight excluding hydrogens is 460 g/mol. The van der Waals surface area contributed by atoms with Crippen LogP contribution in [0.3, 0.4) is 0 Å². The predicted octanol–water partition coefficient (Wildman–Crippen LogP) is 6.98. The van der Waals surface area contributed by atoms with Crippen molar-refractivity contribution in [2.75, 3.05) is 12.5 Å². The van der Waals surface area contributed by atoms with Crippen LogP contribution in [-0.4, -0.2) is 26.6 Å². The van der Waals surface area contributed by atoms with Gasteiger partial charge in [0.05, 0.1) is 13.2 Å². The van der Waals surface area contributed by atoms with Crippen LogP contribution in [0.5, 0.6) is 0 Å². The third-order valence-electron chi connectivity index (χ3n) is 5.25. The van der Waals surface area contributed by atoms with E-state index < -0.39 is 21.1 Å². The Labute approximate surface area is 201 Å². The molecule has 0 spiro atoms. The van der Waals surface area contributed by atoms with Crippen LogP contribution in [0.15, 0.2) is 88.7 Å². The summed E-state index contributed by atoms with van der Waals surface area (Å²) in [5.74, 6) is 0. The average molecular weight is 493 g/mol. The number of hydrogen-bond acceptors (Lipinski definition) is 3. The van der Waals surface area contributed by atoms with Crippen molar-refractivity contribution in [2.45, 2.75) is 48.5 Å². The molecule has 0 saturated carbocycles. The van der Waals surface area contributed by atoms with Gasteiger partial charge >= 0.3 is 0 Å². The molecule has 0 fully saturated rings. The normalized spacial score (nSPS) is 13.1. The molecule has 174 valence electrons. The first kappa shape index (κ1) is 26.6. The highest BCUT2D eigenvalue weighted by atomic mass is 35.5. The fourth-order valence-corrected chi connectivity index (χ4v) is 6.94. The van der Waals surface area contributed by atoms with E-state index in [2.05, 4.69) is 87.7 Å². The van der Waals surface area contributed by atoms with E-state index in [0.717, 1.165) is 11.1 Å². The fraction of sp³-hybridized carbons (Fsp3) is 0.308. The highest BCUT2D eigenvalue weighted by molar-refractivity contribution is 8.34. The molecule has 0 amide bonds. The Balaban J connectivity index is 0.000000235. The zero-order valence-corrected chi connectivity index (χ0v) is 21.8. The quantitative estimate of drug-likeness (QED) is 0.403. The molecule has 0 radical (unpaired) electrons. The van der Waals surface area contributed by atoms with Gasteiger partial charge in [-0.25, -0.2) is 4.21 Å². The summed E-state index contributed by atoms with van der Waals surface area (Å²) in [6.07, 6.45) is 3.88. The standard InChI is InChI=1S/C17H22S.C9H11ClO3S/c1-17(2,3)18(4,15-11-7-5-8-12-15)16-13-9-6-10-14-16;1-14(12)13-6-8-2-7(5-11)3-9(10)4-8/h5-14H,1-4H3;2-4,11H,5-6H2,1H3. The molecule has 0 aromatic heterocycles. The monoisotopic (exact) mass is 492 g/mol. The molecule has 0 bridgehead atoms. The van der Waals surface area contributed by atoms with Gasteiger partial charge in [-0.05, 0) is 68.3 Å². The largest absolute Gasteiger partial charge is 0.392 e. The summed E-state index contributed by atoms with van der Waals surface area (Å²) in [6.45, 7) is 7.21. The number of aliphatic hydroxyl groups is 1. The first-order chi connectivity index (χ1) is 15.1. The summed E-state index contributed by atoms with van der Waals surface area (Å²) >= 11 is 4.51. The van der Waals surface area contributed by atoms with Crippen LogP contribution in [-0.2, 0) is 28.5 Å². The number of rotatable bonds is 6. The maximum absolute atomic E-state index is 10.7. The van der Waals surface area contributed by atoms with E-state index in [1.165, 1.54) is 16.0 Å². The smallest absolute Gasteiger partial charge is 0.152 e. The van der Waals surface area contributed by atoms with Crippen molar-refractivity contribution in [3.8, 4) is 0 Å². The molecule has 0 aliphatic carbocycles. The van der Waals surface area contributed by atoms with Crippen molar-refractivity contribution in [3.05, 3.63) is 95.0 Å². The zero-order chi connectivity index (χ0) is 23.8. The van der Waals surface area contributed by atoms with Gasteiger partial charge in [-0.1, -0.05) is 74.8 Å². The Hall–Kier alpha value is -1.63. The first-order valence-electron chi connectivity index (χ1n) is 10.3. The Kier molecular flexibility index (Phi) is 9.99. The lowest BCUT2D eigenvalue weighted by molar-refractivity contribution is 0.281. The lowest BCUT2D eigenvalue weighted by Crippen LogP contribution is -2.24. The Morgan fingerprint density at radius 2 is 1.38 bits per heavy atom. The molecule has 0 saturated heterocycles. The van der Waals surface area contributed by atoms with Crippen molar-refractivity contribution in [1.82, 2.24) is 0 Å². The van der Waals surface area contributed by atoms with Crippen molar-refractivity contribution in [1.29, 1.82) is 0 Å². The van der Waals surface area contributed by atoms with Gasteiger partial charge in [0.2, 0.25) is 0 Å². The molecular formula is C26H33ClO3S2. The van der Waals surface area contributed by atoms with Crippen LogP contribution in [0.25, 0.3) is 0 Å². The molecule has 3 aromatic carbocycles. The topological polar surface area (TPSA) is 46.5 Å². The van der Waals surface area contributed by atoms with Crippen LogP contribution in [0.4, 0.5) is 0 Å². The minimum absolute atomic E-state index is 0.0667. The highest BCUT2D eigenvalue weighted by Gasteiger charge is 2.35. The van der Waals surface area contributed by atoms with Crippen LogP contribution in [0.2, 0.25) is 5.02 Å². The molecule has 0 heterocycles. The minimum Gasteiger partial charge on any atom is -0.392 e. The molecule has 1 N–H and O–H groups in total. The third kappa shape index (κ3) is 7.19. The molecule has 32 heavy (non-hydrogen) atoms. The average Bonchev–Trinajstić information content (AvgIpc) is 2.77. The maximum atomic E-state index is 10.7. The minimum atomic E-state index is -1.29. The van der Waals surface area contributed by atoms with E-state index in [1.54, 1.807) is 18.2 Å². The van der Waals surface area contributed by atoms with Gasteiger partial charge in [0, 0.05) is 11.3 Å². The van der Waals surface area contributed by atoms with Crippen molar-refractivity contribution >= 4 is 32.7 Å². The van der Waals surface area contributed by atoms with E-state index in [4.69, 9.17) is 20.9 Å². The van der Waals surface area contributed by atoms with Gasteiger partial charge in [-0.15, -0.1) is 0 Å². The Bertz CT molecular complexity index is 963. The van der Waals surface area contributed by atoms with Crippen LogP contribution < -0.4 is 0 Å². The van der Waals surface area contributed by atoms with E-state index in [-0.39, 0.29) is 18.0 Å². The zero-order valence-electron chi connectivity index (χ0n) is 19.4. The van der Waals surface area contributed by atoms with Gasteiger partial charge in [0.25, 0.3) is 0 Å². The lowest BCUT2D eigenvalue weighted by atomic mass is 10.1. The summed E-state index contributed by atoms with van der Waals surface area (Å²) in [6, 6.07) is 27.0. The number of aliphatic hydroxyl groups excluding tert-OH is 1. The maximum Gasteiger partial charge on any atom is 0.152 e. The second-order valence-electron chi connectivity index (χ2n) is 8.45. The first-order valence-corrected chi connectivity index (χ1v) is 14.2. The van der Waals surface area contributed by atoms with Gasteiger partial charge in [-0.3, -0.25) is 4.18 Å². The predicted molar refractivity (Wildman–Crippen MR) is 139 cm³/mol. The van der Waals surface area contributed by atoms with Crippen molar-refractivity contribution in [2.24, 2.45) is 0 Å². The molecule has 3 nitrogen and oxygen atoms in total. The van der Waals surface area contributed by atoms with Crippen molar-refractivity contribution in [3.63, 3.8) is 0 Å². The molecule has 1 unspecified atom stereocenters. The van der Waals surface area contributed by atoms with E-state index in [1.807, 2.05) is 0 Å². The molecule has 3 rings (SSSR count). The Morgan fingerprint density at radius 3 is 1.78 bits per heavy atom. The fourth-order valence-electron chi connectivity index (χ4n) is 3.27. The van der Waals surface area contributed by atoms with E-state index in [9.17, 15) is 4.21 Å². The summed E-state index contributed by atoms with van der Waals surface area (Å²) in [5, 5.41) is 9.44. The molecule has 3 aromatic rings. The summed E-state index contributed by atoms with van der Waals surface area (Å²) in [5.41, 5.74) is 1.52. The highest BCUT2D eigenvalue weighted by Crippen LogP contribution is 2.67. The molecule has 0 aliphatic rings. The molecule has 1 atom stereocenters. The third-order valence-corrected chi connectivity index (χ3v) is 10.8. The van der Waals surface area contributed by atoms with E-state index >= 15 is 0 Å². The van der Waals surface area contributed by atoms with Gasteiger partial charge in [-0.2, -0.15) is 10.0 Å². The van der Waals surface area contributed by atoms with Gasteiger partial charge in [0.15, 0.2) is 11.1 Å². The number of halogens is 1. The summed E-state index contributed by atoms with van der Waals surface area (Å²) < 4.78 is 15.8. The second-order valence-corrected chi connectivity index (χ2v) is 13.9. The number of hydrogen-bond donors (Lipinski definition) is 1. The van der Waals surface area contributed by atoms with E-state index in [0.29, 0.717) is 5.02 Å². The van der Waals surface area contributed by atoms with Crippen LogP contribution in [0, 0.1) is 0 Å². The van der Waals surface area contributed by atoms with Gasteiger partial charge in [0.1, 0.15) is 0 Å². The SMILES string of the molecule is CC(C)(C)S(C)(c1ccccc1)c1ccccc1.CS(=O)OCc1cc(Cl)cc(CO)c1. The lowest BCUT2D eigenvalue weighted by Gasteiger charge is -2.48. The second kappa shape index (κ2) is 12.0. The molecule has 0 aliphatic heterocycles. The Morgan fingerprint density at radius 1 is 0.906 bits per heavy atom. The summed E-state index contributed by atoms with van der Waals surface area (Å²) in [7, 11) is -1.01. The van der Waals surface area contributed by atoms with Crippen LogP contribution >= 0.6 is 21.6 Å². The summed E-state index contributed by atoms with van der Waals surface area (Å²) in [4.78, 5) is 2.92. The van der Waals surface area contributed by atoms with Crippen LogP contribution in [0.1, 0.15) is 31.9 Å².